The summed E-state index contributed by atoms with van der Waals surface area (Å²) in [6.07, 6.45) is -5.08. The van der Waals surface area contributed by atoms with Gasteiger partial charge in [0.1, 0.15) is 12.6 Å². The Hall–Kier alpha value is -0.720. The van der Waals surface area contributed by atoms with E-state index in [1.54, 1.807) is 0 Å². The van der Waals surface area contributed by atoms with Crippen LogP contribution in [-0.4, -0.2) is 6.18 Å². The largest absolute Gasteiger partial charge is 0.399 e. The van der Waals surface area contributed by atoms with Gasteiger partial charge in [0.25, 0.3) is 0 Å². The molecule has 0 spiro atoms. The van der Waals surface area contributed by atoms with Gasteiger partial charge in [-0.3, -0.25) is 0 Å². The molecule has 0 atom stereocenters. The molecule has 0 bridgehead atoms. The predicted octanol–water partition coefficient (Wildman–Crippen LogP) is 1.87. The van der Waals surface area contributed by atoms with Crippen LogP contribution in [-0.2, 0) is 0 Å². The topological polar surface area (TPSA) is 0 Å². The SMILES string of the molecule is FC#CCC(F)(F)F. The molecule has 4 heteroatoms. The summed E-state index contributed by atoms with van der Waals surface area (Å²) in [4.78, 5) is 0. The van der Waals surface area contributed by atoms with Crippen molar-refractivity contribution in [3.05, 3.63) is 0 Å². The summed E-state index contributed by atoms with van der Waals surface area (Å²) in [5, 5.41) is 0. The van der Waals surface area contributed by atoms with E-state index in [2.05, 4.69) is 0 Å². The van der Waals surface area contributed by atoms with Crippen molar-refractivity contribution in [3.63, 3.8) is 0 Å². The smallest absolute Gasteiger partial charge is 0.170 e. The zero-order chi connectivity index (χ0) is 6.62. The lowest BCUT2D eigenvalue weighted by atomic mass is 10.4. The lowest BCUT2D eigenvalue weighted by Crippen LogP contribution is -2.04. The Morgan fingerprint density at radius 2 is 1.75 bits per heavy atom. The lowest BCUT2D eigenvalue weighted by Gasteiger charge is -1.96. The van der Waals surface area contributed by atoms with Gasteiger partial charge in [0.2, 0.25) is 0 Å². The summed E-state index contributed by atoms with van der Waals surface area (Å²) in [5.41, 5.74) is 0. The second-order valence-electron chi connectivity index (χ2n) is 1.06. The molecule has 0 aromatic carbocycles. The fraction of sp³-hybridized carbons (Fsp3) is 0.500. The Morgan fingerprint density at radius 3 is 1.88 bits per heavy atom. The first-order valence-electron chi connectivity index (χ1n) is 1.71. The van der Waals surface area contributed by atoms with Gasteiger partial charge in [-0.15, -0.1) is 4.39 Å². The minimum absolute atomic E-state index is 0.654. The standard InChI is InChI=1S/C4H2F4/c5-3-1-2-4(6,7)8/h2H2. The molecule has 0 unspecified atom stereocenters. The van der Waals surface area contributed by atoms with Gasteiger partial charge in [-0.25, -0.2) is 0 Å². The highest BCUT2D eigenvalue weighted by Gasteiger charge is 2.25. The van der Waals surface area contributed by atoms with Crippen LogP contribution in [0.5, 0.6) is 0 Å². The predicted molar refractivity (Wildman–Crippen MR) is 19.6 cm³/mol. The third-order valence-electron chi connectivity index (χ3n) is 0.356. The Kier molecular flexibility index (Phi) is 2.32. The monoisotopic (exact) mass is 126 g/mol. The van der Waals surface area contributed by atoms with Crippen LogP contribution in [0.15, 0.2) is 0 Å². The molecule has 0 amide bonds. The van der Waals surface area contributed by atoms with Crippen LogP contribution in [0.2, 0.25) is 0 Å². The number of hydrogen-bond donors (Lipinski definition) is 0. The van der Waals surface area contributed by atoms with E-state index in [0.29, 0.717) is 6.17 Å². The zero-order valence-electron chi connectivity index (χ0n) is 3.72. The van der Waals surface area contributed by atoms with Crippen molar-refractivity contribution < 1.29 is 17.6 Å². The van der Waals surface area contributed by atoms with Crippen molar-refractivity contribution in [1.82, 2.24) is 0 Å². The Morgan fingerprint density at radius 1 is 1.25 bits per heavy atom. The maximum absolute atomic E-state index is 11.0. The first-order valence-corrected chi connectivity index (χ1v) is 1.71. The van der Waals surface area contributed by atoms with E-state index in [4.69, 9.17) is 0 Å². The summed E-state index contributed by atoms with van der Waals surface area (Å²) in [6, 6.07) is 0. The zero-order valence-corrected chi connectivity index (χ0v) is 3.72. The third-order valence-corrected chi connectivity index (χ3v) is 0.356. The van der Waals surface area contributed by atoms with Gasteiger partial charge in [-0.2, -0.15) is 13.2 Å². The quantitative estimate of drug-likeness (QED) is 0.343. The summed E-state index contributed by atoms with van der Waals surface area (Å²) in [7, 11) is 0. The van der Waals surface area contributed by atoms with Crippen molar-refractivity contribution >= 4 is 0 Å². The first kappa shape index (κ1) is 7.28. The van der Waals surface area contributed by atoms with Crippen LogP contribution < -0.4 is 0 Å². The molecule has 0 aromatic rings. The average molecular weight is 126 g/mol. The highest BCUT2D eigenvalue weighted by molar-refractivity contribution is 4.92. The minimum Gasteiger partial charge on any atom is -0.170 e. The fourth-order valence-corrected chi connectivity index (χ4v) is 0.134. The molecule has 0 aliphatic carbocycles. The molecule has 0 saturated heterocycles. The summed E-state index contributed by atoms with van der Waals surface area (Å²) in [5.74, 6) is 1.25. The summed E-state index contributed by atoms with van der Waals surface area (Å²) in [6.45, 7) is 0. The molecule has 0 N–H and O–H groups in total. The molecule has 0 heterocycles. The number of alkyl halides is 3. The van der Waals surface area contributed by atoms with Crippen LogP contribution >= 0.6 is 0 Å². The molecule has 0 aliphatic heterocycles. The molecule has 0 radical (unpaired) electrons. The molecule has 0 saturated carbocycles. The van der Waals surface area contributed by atoms with Crippen LogP contribution in [0.3, 0.4) is 0 Å². The van der Waals surface area contributed by atoms with E-state index in [1.807, 2.05) is 0 Å². The van der Waals surface area contributed by atoms with E-state index in [1.165, 1.54) is 5.92 Å². The van der Waals surface area contributed by atoms with Crippen molar-refractivity contribution in [2.75, 3.05) is 0 Å². The van der Waals surface area contributed by atoms with Gasteiger partial charge in [-0.05, 0) is 0 Å². The number of rotatable bonds is 0. The highest BCUT2D eigenvalue weighted by atomic mass is 19.4. The van der Waals surface area contributed by atoms with Gasteiger partial charge in [0, 0.05) is 0 Å². The molecule has 0 rings (SSSR count). The van der Waals surface area contributed by atoms with Gasteiger partial charge < -0.3 is 0 Å². The average Bonchev–Trinajstić information content (AvgIpc) is 1.59. The van der Waals surface area contributed by atoms with Crippen molar-refractivity contribution in [2.24, 2.45) is 0 Å². The Labute approximate surface area is 43.5 Å². The highest BCUT2D eigenvalue weighted by Crippen LogP contribution is 2.17. The van der Waals surface area contributed by atoms with Crippen LogP contribution in [0, 0.1) is 12.1 Å². The molecule has 46 valence electrons. The summed E-state index contributed by atoms with van der Waals surface area (Å²) >= 11 is 0. The molecule has 0 fully saturated rings. The first-order chi connectivity index (χ1) is 3.56. The molecular weight excluding hydrogens is 124 g/mol. The third kappa shape index (κ3) is 5.28. The van der Waals surface area contributed by atoms with Gasteiger partial charge >= 0.3 is 6.18 Å². The van der Waals surface area contributed by atoms with Crippen molar-refractivity contribution in [2.45, 2.75) is 12.6 Å². The molecule has 0 aromatic heterocycles. The van der Waals surface area contributed by atoms with E-state index in [9.17, 15) is 17.6 Å². The maximum Gasteiger partial charge on any atom is 0.399 e. The second-order valence-corrected chi connectivity index (χ2v) is 1.06. The van der Waals surface area contributed by atoms with Crippen molar-refractivity contribution in [3.8, 4) is 12.1 Å². The second kappa shape index (κ2) is 2.55. The van der Waals surface area contributed by atoms with E-state index < -0.39 is 12.6 Å². The van der Waals surface area contributed by atoms with Gasteiger partial charge in [-0.1, -0.05) is 5.92 Å². The normalized spacial score (nSPS) is 10.0. The van der Waals surface area contributed by atoms with Crippen LogP contribution in [0.25, 0.3) is 0 Å². The Balaban J connectivity index is 3.50. The minimum atomic E-state index is -4.36. The van der Waals surface area contributed by atoms with Gasteiger partial charge in [0.05, 0.1) is 0 Å². The van der Waals surface area contributed by atoms with E-state index >= 15 is 0 Å². The van der Waals surface area contributed by atoms with Crippen LogP contribution in [0.4, 0.5) is 17.6 Å². The fourth-order valence-electron chi connectivity index (χ4n) is 0.134. The van der Waals surface area contributed by atoms with E-state index in [-0.39, 0.29) is 0 Å². The van der Waals surface area contributed by atoms with Crippen LogP contribution in [0.1, 0.15) is 6.42 Å². The number of halogens is 4. The maximum atomic E-state index is 11.0. The van der Waals surface area contributed by atoms with Crippen molar-refractivity contribution in [1.29, 1.82) is 0 Å². The lowest BCUT2D eigenvalue weighted by molar-refractivity contribution is -0.123. The molecular formula is C4H2F4. The van der Waals surface area contributed by atoms with Gasteiger partial charge in [0.15, 0.2) is 0 Å². The number of hydrogen-bond acceptors (Lipinski definition) is 0. The molecule has 0 nitrogen and oxygen atoms in total. The molecule has 8 heavy (non-hydrogen) atoms. The molecule has 0 aliphatic rings. The Bertz CT molecular complexity index is 112. The summed E-state index contributed by atoms with van der Waals surface area (Å²) < 4.78 is 43.6. The van der Waals surface area contributed by atoms with E-state index in [0.717, 1.165) is 0 Å².